The number of aromatic nitrogens is 1. The highest BCUT2D eigenvalue weighted by Crippen LogP contribution is 2.26. The van der Waals surface area contributed by atoms with E-state index in [4.69, 9.17) is 4.42 Å². The number of amides is 1. The first kappa shape index (κ1) is 25.2. The molecule has 1 aliphatic rings. The number of nitrogens with zero attached hydrogens (tertiary/aromatic N) is 2. The van der Waals surface area contributed by atoms with Crippen LogP contribution in [0.25, 0.3) is 11.3 Å². The van der Waals surface area contributed by atoms with Crippen molar-refractivity contribution in [1.82, 2.24) is 20.5 Å². The molecule has 1 aliphatic heterocycles. The Labute approximate surface area is 179 Å². The number of nitrogens with one attached hydrogen (secondary N) is 2. The molecule has 2 heterocycles. The Kier molecular flexibility index (Phi) is 9.41. The molecule has 162 valence electrons. The largest absolute Gasteiger partial charge is 0.443 e. The molecule has 1 aromatic carbocycles. The van der Waals surface area contributed by atoms with E-state index in [9.17, 15) is 18.0 Å². The van der Waals surface area contributed by atoms with Crippen LogP contribution in [0.1, 0.15) is 16.1 Å². The van der Waals surface area contributed by atoms with Crippen molar-refractivity contribution >= 4 is 30.7 Å². The number of carbonyl (C=O) groups is 1. The van der Waals surface area contributed by atoms with Crippen molar-refractivity contribution in [2.24, 2.45) is 0 Å². The van der Waals surface area contributed by atoms with E-state index in [1.807, 2.05) is 19.1 Å². The van der Waals surface area contributed by atoms with Crippen LogP contribution < -0.4 is 10.6 Å². The highest BCUT2D eigenvalue weighted by Gasteiger charge is 2.44. The number of oxazole rings is 1. The van der Waals surface area contributed by atoms with Gasteiger partial charge in [-0.1, -0.05) is 29.8 Å². The van der Waals surface area contributed by atoms with Crippen LogP contribution in [0, 0.1) is 6.92 Å². The second-order valence-corrected chi connectivity index (χ2v) is 6.45. The summed E-state index contributed by atoms with van der Waals surface area (Å²) >= 11 is 0. The third-order valence-electron chi connectivity index (χ3n) is 4.52. The molecule has 2 N–H and O–H groups in total. The number of benzene rings is 1. The lowest BCUT2D eigenvalue weighted by molar-refractivity contribution is -0.183. The summed E-state index contributed by atoms with van der Waals surface area (Å²) in [7, 11) is 0. The molecule has 1 aromatic heterocycles. The zero-order chi connectivity index (χ0) is 19.4. The average molecular weight is 455 g/mol. The molecule has 1 fully saturated rings. The Hall–Kier alpha value is -1.81. The maximum absolute atomic E-state index is 13.4. The normalized spacial score (nSPS) is 15.7. The van der Waals surface area contributed by atoms with Crippen molar-refractivity contribution < 1.29 is 22.4 Å². The zero-order valence-corrected chi connectivity index (χ0v) is 17.3. The summed E-state index contributed by atoms with van der Waals surface area (Å²) in [4.78, 5) is 17.7. The van der Waals surface area contributed by atoms with Crippen LogP contribution in [0.5, 0.6) is 0 Å². The predicted molar refractivity (Wildman–Crippen MR) is 108 cm³/mol. The Morgan fingerprint density at radius 3 is 2.45 bits per heavy atom. The fourth-order valence-corrected chi connectivity index (χ4v) is 3.04. The highest BCUT2D eigenvalue weighted by atomic mass is 35.5. The summed E-state index contributed by atoms with van der Waals surface area (Å²) in [6.07, 6.45) is -3.32. The first-order valence-corrected chi connectivity index (χ1v) is 8.66. The molecule has 2 aromatic rings. The van der Waals surface area contributed by atoms with Crippen LogP contribution in [0.4, 0.5) is 13.2 Å². The molecular weight excluding hydrogens is 432 g/mol. The summed E-state index contributed by atoms with van der Waals surface area (Å²) in [6.45, 7) is 2.91. The van der Waals surface area contributed by atoms with E-state index >= 15 is 0 Å². The number of hydrogen-bond donors (Lipinski definition) is 2. The van der Waals surface area contributed by atoms with E-state index in [1.54, 1.807) is 12.1 Å². The maximum atomic E-state index is 13.4. The molecule has 0 spiro atoms. The Morgan fingerprint density at radius 2 is 1.86 bits per heavy atom. The summed E-state index contributed by atoms with van der Waals surface area (Å²) < 4.78 is 45.6. The lowest BCUT2D eigenvalue weighted by atomic mass is 10.1. The van der Waals surface area contributed by atoms with Gasteiger partial charge in [0.05, 0.1) is 0 Å². The molecular formula is C18H23Cl2F3N4O2. The van der Waals surface area contributed by atoms with Crippen molar-refractivity contribution in [2.75, 3.05) is 32.7 Å². The molecule has 29 heavy (non-hydrogen) atoms. The van der Waals surface area contributed by atoms with Crippen molar-refractivity contribution in [3.8, 4) is 11.3 Å². The maximum Gasteiger partial charge on any atom is 0.405 e. The van der Waals surface area contributed by atoms with Gasteiger partial charge in [-0.2, -0.15) is 13.2 Å². The Morgan fingerprint density at radius 1 is 1.24 bits per heavy atom. The second-order valence-electron chi connectivity index (χ2n) is 6.45. The molecule has 1 amide bonds. The van der Waals surface area contributed by atoms with Gasteiger partial charge in [-0.25, -0.2) is 4.98 Å². The number of halogens is 5. The number of hydrogen-bond acceptors (Lipinski definition) is 5. The summed E-state index contributed by atoms with van der Waals surface area (Å²) in [5, 5.41) is 5.39. The van der Waals surface area contributed by atoms with Crippen LogP contribution in [-0.4, -0.2) is 60.7 Å². The van der Waals surface area contributed by atoms with Gasteiger partial charge in [-0.3, -0.25) is 9.69 Å². The average Bonchev–Trinajstić information content (AvgIpc) is 3.12. The highest BCUT2D eigenvalue weighted by molar-refractivity contribution is 5.97. The van der Waals surface area contributed by atoms with Crippen molar-refractivity contribution in [2.45, 2.75) is 19.1 Å². The minimum Gasteiger partial charge on any atom is -0.443 e. The van der Waals surface area contributed by atoms with E-state index in [-0.39, 0.29) is 49.4 Å². The van der Waals surface area contributed by atoms with E-state index in [0.29, 0.717) is 18.7 Å². The van der Waals surface area contributed by atoms with Gasteiger partial charge in [0.2, 0.25) is 0 Å². The van der Waals surface area contributed by atoms with Crippen molar-refractivity contribution in [3.63, 3.8) is 0 Å². The number of rotatable bonds is 5. The molecule has 0 bridgehead atoms. The van der Waals surface area contributed by atoms with Crippen LogP contribution >= 0.6 is 24.8 Å². The van der Waals surface area contributed by atoms with E-state index in [1.165, 1.54) is 4.90 Å². The van der Waals surface area contributed by atoms with Gasteiger partial charge in [-0.05, 0) is 6.92 Å². The fraction of sp³-hybridized carbons (Fsp3) is 0.444. The molecule has 0 radical (unpaired) electrons. The first-order valence-electron chi connectivity index (χ1n) is 8.66. The molecule has 1 saturated heterocycles. The van der Waals surface area contributed by atoms with E-state index in [0.717, 1.165) is 12.0 Å². The van der Waals surface area contributed by atoms with Gasteiger partial charge in [0.1, 0.15) is 6.04 Å². The Balaban J connectivity index is 0.00000210. The molecule has 6 nitrogen and oxygen atoms in total. The molecule has 0 aliphatic carbocycles. The smallest absolute Gasteiger partial charge is 0.405 e. The van der Waals surface area contributed by atoms with Crippen LogP contribution in [0.15, 0.2) is 35.1 Å². The quantitative estimate of drug-likeness (QED) is 0.726. The van der Waals surface area contributed by atoms with Gasteiger partial charge in [0, 0.05) is 38.3 Å². The lowest BCUT2D eigenvalue weighted by Crippen LogP contribution is -2.57. The summed E-state index contributed by atoms with van der Waals surface area (Å²) in [5.41, 5.74) is 1.64. The minimum atomic E-state index is -4.44. The van der Waals surface area contributed by atoms with Gasteiger partial charge >= 0.3 is 6.18 Å². The minimum absolute atomic E-state index is 0. The third-order valence-corrected chi connectivity index (χ3v) is 4.52. The van der Waals surface area contributed by atoms with Crippen LogP contribution in [0.2, 0.25) is 0 Å². The Bertz CT molecular complexity index is 778. The van der Waals surface area contributed by atoms with Gasteiger partial charge in [0.15, 0.2) is 17.8 Å². The molecule has 0 saturated carbocycles. The van der Waals surface area contributed by atoms with E-state index in [2.05, 4.69) is 15.6 Å². The molecule has 1 atom stereocenters. The SMILES string of the molecule is Cc1ccc(-c2ocnc2C(=O)NCC(N2CCNCC2)C(F)(F)F)cc1.Cl.Cl. The topological polar surface area (TPSA) is 70.4 Å². The molecule has 3 rings (SSSR count). The standard InChI is InChI=1S/C18H21F3N4O2.2ClH/c1-12-2-4-13(5-3-12)16-15(24-11-27-16)17(26)23-10-14(18(19,20)21)25-8-6-22-7-9-25;;/h2-5,11,14,22H,6-10H2,1H3,(H,23,26);2*1H. The molecule has 11 heteroatoms. The van der Waals surface area contributed by atoms with Crippen molar-refractivity contribution in [3.05, 3.63) is 41.9 Å². The van der Waals surface area contributed by atoms with Crippen LogP contribution in [-0.2, 0) is 0 Å². The number of aryl methyl sites for hydroxylation is 1. The summed E-state index contributed by atoms with van der Waals surface area (Å²) in [6, 6.07) is 5.50. The van der Waals surface area contributed by atoms with Gasteiger partial charge in [-0.15, -0.1) is 24.8 Å². The van der Waals surface area contributed by atoms with Crippen LogP contribution in [0.3, 0.4) is 0 Å². The number of alkyl halides is 3. The van der Waals surface area contributed by atoms with Gasteiger partial charge in [0.25, 0.3) is 5.91 Å². The lowest BCUT2D eigenvalue weighted by Gasteiger charge is -2.35. The zero-order valence-electron chi connectivity index (χ0n) is 15.7. The summed E-state index contributed by atoms with van der Waals surface area (Å²) in [5.74, 6) is -0.457. The third kappa shape index (κ3) is 6.33. The monoisotopic (exact) mass is 454 g/mol. The number of piperazine rings is 1. The second kappa shape index (κ2) is 10.8. The number of carbonyl (C=O) groups excluding carboxylic acids is 1. The van der Waals surface area contributed by atoms with Gasteiger partial charge < -0.3 is 15.1 Å². The van der Waals surface area contributed by atoms with Crippen molar-refractivity contribution in [1.29, 1.82) is 0 Å². The fourth-order valence-electron chi connectivity index (χ4n) is 3.04. The first-order chi connectivity index (χ1) is 12.9. The predicted octanol–water partition coefficient (Wildman–Crippen LogP) is 3.06. The van der Waals surface area contributed by atoms with E-state index < -0.39 is 24.7 Å². The molecule has 1 unspecified atom stereocenters.